The first-order valence-corrected chi connectivity index (χ1v) is 11.0. The van der Waals surface area contributed by atoms with Crippen molar-refractivity contribution in [1.82, 2.24) is 5.32 Å². The molecule has 1 aliphatic rings. The number of nitrogens with zero attached hydrogens (tertiary/aromatic N) is 1. The second-order valence-electron chi connectivity index (χ2n) is 8.13. The molecule has 0 aliphatic carbocycles. The Labute approximate surface area is 192 Å². The number of anilines is 3. The van der Waals surface area contributed by atoms with E-state index >= 15 is 0 Å². The topological polar surface area (TPSA) is 73.5 Å². The Balaban J connectivity index is 1.51. The number of aryl methyl sites for hydroxylation is 1. The van der Waals surface area contributed by atoms with Crippen LogP contribution in [0, 0.1) is 12.7 Å². The first-order chi connectivity index (χ1) is 16.0. The first kappa shape index (κ1) is 22.3. The Morgan fingerprint density at radius 3 is 2.42 bits per heavy atom. The van der Waals surface area contributed by atoms with Crippen LogP contribution >= 0.6 is 0 Å². The number of carbonyl (C=O) groups is 2. The van der Waals surface area contributed by atoms with Gasteiger partial charge in [-0.1, -0.05) is 30.3 Å². The number of halogens is 1. The van der Waals surface area contributed by atoms with Crippen molar-refractivity contribution in [3.05, 3.63) is 89.2 Å². The van der Waals surface area contributed by atoms with Crippen molar-refractivity contribution in [3.8, 4) is 0 Å². The number of hydrogen-bond acceptors (Lipinski definition) is 3. The third-order valence-electron chi connectivity index (χ3n) is 5.69. The van der Waals surface area contributed by atoms with Gasteiger partial charge in [0.15, 0.2) is 0 Å². The summed E-state index contributed by atoms with van der Waals surface area (Å²) in [5.41, 5.74) is 4.23. The van der Waals surface area contributed by atoms with Crippen molar-refractivity contribution >= 4 is 29.0 Å². The number of amides is 3. The van der Waals surface area contributed by atoms with E-state index in [1.54, 1.807) is 24.3 Å². The molecule has 3 aromatic carbocycles. The van der Waals surface area contributed by atoms with E-state index in [2.05, 4.69) is 20.9 Å². The van der Waals surface area contributed by atoms with E-state index in [-0.39, 0.29) is 24.3 Å². The fraction of sp³-hybridized carbons (Fsp3) is 0.231. The van der Waals surface area contributed by atoms with Gasteiger partial charge in [-0.2, -0.15) is 0 Å². The molecule has 0 unspecified atom stereocenters. The van der Waals surface area contributed by atoms with Gasteiger partial charge in [0.1, 0.15) is 5.82 Å². The fourth-order valence-corrected chi connectivity index (χ4v) is 3.93. The Morgan fingerprint density at radius 2 is 1.67 bits per heavy atom. The Kier molecular flexibility index (Phi) is 6.88. The summed E-state index contributed by atoms with van der Waals surface area (Å²) in [6.07, 6.45) is 2.18. The van der Waals surface area contributed by atoms with Crippen LogP contribution in [0.1, 0.15) is 34.3 Å². The highest BCUT2D eigenvalue weighted by Crippen LogP contribution is 2.30. The molecule has 1 saturated heterocycles. The number of rotatable bonds is 6. The van der Waals surface area contributed by atoms with Crippen molar-refractivity contribution in [1.29, 1.82) is 0 Å². The second kappa shape index (κ2) is 10.2. The number of carbonyl (C=O) groups excluding carboxylic acids is 2. The van der Waals surface area contributed by atoms with Crippen LogP contribution in [0.25, 0.3) is 0 Å². The molecule has 7 heteroatoms. The minimum absolute atomic E-state index is 0.209. The van der Waals surface area contributed by atoms with E-state index in [9.17, 15) is 14.0 Å². The maximum Gasteiger partial charge on any atom is 0.323 e. The van der Waals surface area contributed by atoms with Gasteiger partial charge in [0, 0.05) is 30.9 Å². The molecule has 0 radical (unpaired) electrons. The molecule has 0 atom stereocenters. The molecule has 0 spiro atoms. The zero-order valence-electron chi connectivity index (χ0n) is 18.5. The predicted octanol–water partition coefficient (Wildman–Crippen LogP) is 5.31. The molecule has 4 rings (SSSR count). The van der Waals surface area contributed by atoms with Crippen molar-refractivity contribution < 1.29 is 14.0 Å². The number of benzene rings is 3. The largest absolute Gasteiger partial charge is 0.370 e. The average molecular weight is 447 g/mol. The van der Waals surface area contributed by atoms with Gasteiger partial charge in [0.05, 0.1) is 11.4 Å². The SMILES string of the molecule is Cc1ccccc1NC(=O)Nc1cc(C(=O)NCc2cccc(F)c2)ccc1N1CCCC1. The van der Waals surface area contributed by atoms with E-state index in [1.165, 1.54) is 12.1 Å². The summed E-state index contributed by atoms with van der Waals surface area (Å²) >= 11 is 0. The van der Waals surface area contributed by atoms with Crippen molar-refractivity contribution in [2.24, 2.45) is 0 Å². The molecular weight excluding hydrogens is 419 g/mol. The van der Waals surface area contributed by atoms with Crippen LogP contribution in [-0.2, 0) is 6.54 Å². The van der Waals surface area contributed by atoms with Gasteiger partial charge in [0.2, 0.25) is 0 Å². The van der Waals surface area contributed by atoms with Gasteiger partial charge in [0.25, 0.3) is 5.91 Å². The van der Waals surface area contributed by atoms with E-state index < -0.39 is 0 Å². The van der Waals surface area contributed by atoms with Crippen molar-refractivity contribution in [3.63, 3.8) is 0 Å². The first-order valence-electron chi connectivity index (χ1n) is 11.0. The van der Waals surface area contributed by atoms with Gasteiger partial charge >= 0.3 is 6.03 Å². The Hall–Kier alpha value is -3.87. The third kappa shape index (κ3) is 5.68. The van der Waals surface area contributed by atoms with Gasteiger partial charge < -0.3 is 20.9 Å². The molecule has 3 amide bonds. The second-order valence-corrected chi connectivity index (χ2v) is 8.13. The van der Waals surface area contributed by atoms with Crippen LogP contribution in [0.4, 0.5) is 26.2 Å². The van der Waals surface area contributed by atoms with Crippen LogP contribution in [0.2, 0.25) is 0 Å². The summed E-state index contributed by atoms with van der Waals surface area (Å²) in [4.78, 5) is 27.7. The molecule has 3 N–H and O–H groups in total. The lowest BCUT2D eigenvalue weighted by molar-refractivity contribution is 0.0951. The fourth-order valence-electron chi connectivity index (χ4n) is 3.93. The normalized spacial score (nSPS) is 13.0. The van der Waals surface area contributed by atoms with Gasteiger partial charge in [-0.3, -0.25) is 4.79 Å². The van der Waals surface area contributed by atoms with Crippen LogP contribution in [0.3, 0.4) is 0 Å². The number of hydrogen-bond donors (Lipinski definition) is 3. The molecule has 0 saturated carbocycles. The van der Waals surface area contributed by atoms with E-state index in [0.29, 0.717) is 16.8 Å². The molecule has 1 aliphatic heterocycles. The zero-order valence-corrected chi connectivity index (χ0v) is 18.5. The maximum absolute atomic E-state index is 13.4. The number of urea groups is 1. The molecule has 170 valence electrons. The number of para-hydroxylation sites is 1. The lowest BCUT2D eigenvalue weighted by Crippen LogP contribution is -2.26. The van der Waals surface area contributed by atoms with Gasteiger partial charge in [-0.15, -0.1) is 0 Å². The summed E-state index contributed by atoms with van der Waals surface area (Å²) in [6, 6.07) is 18.6. The summed E-state index contributed by atoms with van der Waals surface area (Å²) in [6.45, 7) is 3.94. The Morgan fingerprint density at radius 1 is 0.909 bits per heavy atom. The minimum atomic E-state index is -0.373. The average Bonchev–Trinajstić information content (AvgIpc) is 3.34. The summed E-state index contributed by atoms with van der Waals surface area (Å²) in [5, 5.41) is 8.60. The van der Waals surface area contributed by atoms with E-state index in [4.69, 9.17) is 0 Å². The molecule has 0 bridgehead atoms. The van der Waals surface area contributed by atoms with Crippen molar-refractivity contribution in [2.45, 2.75) is 26.3 Å². The van der Waals surface area contributed by atoms with Gasteiger partial charge in [-0.05, 0) is 67.3 Å². The molecule has 0 aromatic heterocycles. The van der Waals surface area contributed by atoms with Gasteiger partial charge in [-0.25, -0.2) is 9.18 Å². The van der Waals surface area contributed by atoms with E-state index in [1.807, 2.05) is 37.3 Å². The molecule has 3 aromatic rings. The van der Waals surface area contributed by atoms with Crippen molar-refractivity contribution in [2.75, 3.05) is 28.6 Å². The molecular formula is C26H27FN4O2. The molecule has 33 heavy (non-hydrogen) atoms. The minimum Gasteiger partial charge on any atom is -0.370 e. The molecule has 6 nitrogen and oxygen atoms in total. The number of nitrogens with one attached hydrogen (secondary N) is 3. The monoisotopic (exact) mass is 446 g/mol. The standard InChI is InChI=1S/C26H27FN4O2/c1-18-7-2-3-10-22(18)29-26(33)30-23-16-20(11-12-24(23)31-13-4-5-14-31)25(32)28-17-19-8-6-9-21(27)15-19/h2-3,6-12,15-16H,4-5,13-14,17H2,1H3,(H,28,32)(H2,29,30,33). The zero-order chi connectivity index (χ0) is 23.2. The highest BCUT2D eigenvalue weighted by atomic mass is 19.1. The lowest BCUT2D eigenvalue weighted by atomic mass is 10.1. The summed E-state index contributed by atoms with van der Waals surface area (Å²) in [7, 11) is 0. The smallest absolute Gasteiger partial charge is 0.323 e. The summed E-state index contributed by atoms with van der Waals surface area (Å²) < 4.78 is 13.4. The molecule has 1 heterocycles. The molecule has 1 fully saturated rings. The quantitative estimate of drug-likeness (QED) is 0.481. The maximum atomic E-state index is 13.4. The van der Waals surface area contributed by atoms with E-state index in [0.717, 1.165) is 42.9 Å². The summed E-state index contributed by atoms with van der Waals surface area (Å²) in [5.74, 6) is -0.641. The van der Waals surface area contributed by atoms with Crippen LogP contribution < -0.4 is 20.9 Å². The predicted molar refractivity (Wildman–Crippen MR) is 129 cm³/mol. The lowest BCUT2D eigenvalue weighted by Gasteiger charge is -2.22. The third-order valence-corrected chi connectivity index (χ3v) is 5.69. The highest BCUT2D eigenvalue weighted by molar-refractivity contribution is 6.04. The Bertz CT molecular complexity index is 1160. The highest BCUT2D eigenvalue weighted by Gasteiger charge is 2.19. The van der Waals surface area contributed by atoms with Crippen LogP contribution in [0.5, 0.6) is 0 Å². The van der Waals surface area contributed by atoms with Crippen LogP contribution in [-0.4, -0.2) is 25.0 Å². The van der Waals surface area contributed by atoms with Crippen LogP contribution in [0.15, 0.2) is 66.7 Å².